The van der Waals surface area contributed by atoms with E-state index < -0.39 is 5.97 Å². The van der Waals surface area contributed by atoms with Crippen molar-refractivity contribution >= 4 is 5.97 Å². The van der Waals surface area contributed by atoms with Crippen LogP contribution < -0.4 is 0 Å². The quantitative estimate of drug-likeness (QED) is 0.904. The van der Waals surface area contributed by atoms with Gasteiger partial charge in [0.15, 0.2) is 0 Å². The molecule has 1 aromatic heterocycles. The highest BCUT2D eigenvalue weighted by molar-refractivity contribution is 5.88. The van der Waals surface area contributed by atoms with Crippen molar-refractivity contribution in [2.75, 3.05) is 0 Å². The van der Waals surface area contributed by atoms with E-state index in [1.807, 2.05) is 6.92 Å². The number of rotatable bonds is 3. The average molecular weight is 262 g/mol. The highest BCUT2D eigenvalue weighted by atomic mass is 16.4. The number of aromatic carboxylic acids is 1. The number of carbonyl (C=O) groups is 1. The molecular formula is C15H22N2O2. The van der Waals surface area contributed by atoms with Gasteiger partial charge in [0.2, 0.25) is 0 Å². The average Bonchev–Trinajstić information content (AvgIpc) is 2.37. The third kappa shape index (κ3) is 3.52. The normalized spacial score (nSPS) is 17.7. The van der Waals surface area contributed by atoms with Crippen LogP contribution in [0.3, 0.4) is 0 Å². The zero-order chi connectivity index (χ0) is 13.7. The van der Waals surface area contributed by atoms with Crippen LogP contribution in [0.5, 0.6) is 0 Å². The van der Waals surface area contributed by atoms with Gasteiger partial charge in [-0.1, -0.05) is 39.0 Å². The summed E-state index contributed by atoms with van der Waals surface area (Å²) < 4.78 is 0. The number of hydrogen-bond acceptors (Lipinski definition) is 3. The minimum atomic E-state index is -0.930. The second kappa shape index (κ2) is 6.64. The lowest BCUT2D eigenvalue weighted by Crippen LogP contribution is -2.12. The molecule has 0 bridgehead atoms. The van der Waals surface area contributed by atoms with Crippen LogP contribution in [0, 0.1) is 0 Å². The van der Waals surface area contributed by atoms with E-state index in [9.17, 15) is 4.79 Å². The number of aromatic nitrogens is 2. The summed E-state index contributed by atoms with van der Waals surface area (Å²) in [5.41, 5.74) is 0.914. The summed E-state index contributed by atoms with van der Waals surface area (Å²) in [5.74, 6) is 0.332. The summed E-state index contributed by atoms with van der Waals surface area (Å²) in [6.45, 7) is 1.94. The molecule has 1 aliphatic carbocycles. The summed E-state index contributed by atoms with van der Waals surface area (Å²) in [6.07, 6.45) is 10.8. The summed E-state index contributed by atoms with van der Waals surface area (Å²) in [6, 6.07) is 0. The van der Waals surface area contributed by atoms with Crippen LogP contribution in [0.1, 0.15) is 79.7 Å². The molecule has 1 aliphatic rings. The maximum Gasteiger partial charge on any atom is 0.339 e. The molecule has 0 aromatic carbocycles. The van der Waals surface area contributed by atoms with Crippen molar-refractivity contribution in [1.29, 1.82) is 0 Å². The second-order valence-corrected chi connectivity index (χ2v) is 5.29. The maximum absolute atomic E-state index is 11.1. The molecule has 104 valence electrons. The van der Waals surface area contributed by atoms with Gasteiger partial charge in [-0.05, 0) is 19.3 Å². The van der Waals surface area contributed by atoms with Gasteiger partial charge in [0.05, 0.1) is 11.3 Å². The van der Waals surface area contributed by atoms with Gasteiger partial charge in [-0.2, -0.15) is 0 Å². The Morgan fingerprint density at radius 2 is 1.89 bits per heavy atom. The molecule has 0 aliphatic heterocycles. The fourth-order valence-electron chi connectivity index (χ4n) is 2.79. The Hall–Kier alpha value is -1.45. The lowest BCUT2D eigenvalue weighted by molar-refractivity contribution is 0.0694. The molecular weight excluding hydrogens is 240 g/mol. The van der Waals surface area contributed by atoms with Gasteiger partial charge >= 0.3 is 5.97 Å². The van der Waals surface area contributed by atoms with E-state index in [1.165, 1.54) is 38.3 Å². The minimum absolute atomic E-state index is 0.247. The van der Waals surface area contributed by atoms with Crippen LogP contribution >= 0.6 is 0 Å². The third-order valence-corrected chi connectivity index (χ3v) is 3.92. The third-order valence-electron chi connectivity index (χ3n) is 3.92. The number of carboxylic acid groups (broad SMARTS) is 1. The summed E-state index contributed by atoms with van der Waals surface area (Å²) in [5, 5.41) is 9.10. The first-order valence-corrected chi connectivity index (χ1v) is 7.31. The zero-order valence-electron chi connectivity index (χ0n) is 11.6. The van der Waals surface area contributed by atoms with Crippen molar-refractivity contribution in [3.8, 4) is 0 Å². The molecule has 1 aromatic rings. The van der Waals surface area contributed by atoms with Gasteiger partial charge in [-0.25, -0.2) is 14.8 Å². The molecule has 1 fully saturated rings. The Morgan fingerprint density at radius 3 is 2.47 bits per heavy atom. The standard InChI is InChI=1S/C15H22N2O2/c1-2-13-12(15(18)19)10-16-14(17-13)11-8-6-4-3-5-7-9-11/h10-11H,2-9H2,1H3,(H,18,19). The van der Waals surface area contributed by atoms with Gasteiger partial charge in [0, 0.05) is 12.1 Å². The van der Waals surface area contributed by atoms with Gasteiger partial charge in [0.25, 0.3) is 0 Å². The molecule has 0 radical (unpaired) electrons. The van der Waals surface area contributed by atoms with Crippen molar-refractivity contribution in [3.05, 3.63) is 23.3 Å². The largest absolute Gasteiger partial charge is 0.478 e. The molecule has 19 heavy (non-hydrogen) atoms. The van der Waals surface area contributed by atoms with E-state index in [4.69, 9.17) is 5.11 Å². The smallest absolute Gasteiger partial charge is 0.339 e. The molecule has 0 amide bonds. The van der Waals surface area contributed by atoms with Crippen LogP contribution in [0.25, 0.3) is 0 Å². The SMILES string of the molecule is CCc1nc(C2CCCCCCC2)ncc1C(=O)O. The maximum atomic E-state index is 11.1. The van der Waals surface area contributed by atoms with Gasteiger partial charge in [0.1, 0.15) is 5.82 Å². The predicted octanol–water partition coefficient (Wildman–Crippen LogP) is 3.57. The lowest BCUT2D eigenvalue weighted by Gasteiger charge is -2.19. The topological polar surface area (TPSA) is 63.1 Å². The van der Waals surface area contributed by atoms with Crippen LogP contribution in [0.2, 0.25) is 0 Å². The van der Waals surface area contributed by atoms with E-state index >= 15 is 0 Å². The second-order valence-electron chi connectivity index (χ2n) is 5.29. The molecule has 0 saturated heterocycles. The van der Waals surface area contributed by atoms with Crippen molar-refractivity contribution in [2.45, 2.75) is 64.2 Å². The number of hydrogen-bond donors (Lipinski definition) is 1. The Morgan fingerprint density at radius 1 is 1.26 bits per heavy atom. The van der Waals surface area contributed by atoms with Crippen molar-refractivity contribution in [2.24, 2.45) is 0 Å². The summed E-state index contributed by atoms with van der Waals surface area (Å²) in [7, 11) is 0. The number of carboxylic acids is 1. The highest BCUT2D eigenvalue weighted by Gasteiger charge is 2.19. The first kappa shape index (κ1) is 14.0. The van der Waals surface area contributed by atoms with E-state index in [1.54, 1.807) is 0 Å². The Balaban J connectivity index is 2.21. The molecule has 0 atom stereocenters. The van der Waals surface area contributed by atoms with E-state index in [0.717, 1.165) is 18.7 Å². The van der Waals surface area contributed by atoms with E-state index in [-0.39, 0.29) is 5.56 Å². The molecule has 0 unspecified atom stereocenters. The molecule has 0 spiro atoms. The molecule has 1 N–H and O–H groups in total. The lowest BCUT2D eigenvalue weighted by atomic mass is 9.90. The van der Waals surface area contributed by atoms with E-state index in [2.05, 4.69) is 9.97 Å². The zero-order valence-corrected chi connectivity index (χ0v) is 11.6. The van der Waals surface area contributed by atoms with Crippen LogP contribution in [0.15, 0.2) is 6.20 Å². The molecule has 2 rings (SSSR count). The molecule has 1 heterocycles. The summed E-state index contributed by atoms with van der Waals surface area (Å²) >= 11 is 0. The van der Waals surface area contributed by atoms with Gasteiger partial charge in [-0.3, -0.25) is 0 Å². The highest BCUT2D eigenvalue weighted by Crippen LogP contribution is 2.29. The Kier molecular flexibility index (Phi) is 4.88. The predicted molar refractivity (Wildman–Crippen MR) is 73.4 cm³/mol. The van der Waals surface area contributed by atoms with E-state index in [0.29, 0.717) is 18.0 Å². The molecule has 1 saturated carbocycles. The minimum Gasteiger partial charge on any atom is -0.478 e. The van der Waals surface area contributed by atoms with Gasteiger partial charge in [-0.15, -0.1) is 0 Å². The summed E-state index contributed by atoms with van der Waals surface area (Å²) in [4.78, 5) is 19.9. The first-order chi connectivity index (χ1) is 9.22. The van der Waals surface area contributed by atoms with Crippen molar-refractivity contribution in [1.82, 2.24) is 9.97 Å². The molecule has 4 nitrogen and oxygen atoms in total. The fourth-order valence-corrected chi connectivity index (χ4v) is 2.79. The first-order valence-electron chi connectivity index (χ1n) is 7.31. The monoisotopic (exact) mass is 262 g/mol. The molecule has 4 heteroatoms. The fraction of sp³-hybridized carbons (Fsp3) is 0.667. The Labute approximate surface area is 114 Å². The van der Waals surface area contributed by atoms with Crippen LogP contribution in [-0.2, 0) is 6.42 Å². The van der Waals surface area contributed by atoms with Crippen LogP contribution in [0.4, 0.5) is 0 Å². The number of aryl methyl sites for hydroxylation is 1. The Bertz CT molecular complexity index is 438. The van der Waals surface area contributed by atoms with Crippen LogP contribution in [-0.4, -0.2) is 21.0 Å². The van der Waals surface area contributed by atoms with Crippen molar-refractivity contribution < 1.29 is 9.90 Å². The number of nitrogens with zero attached hydrogens (tertiary/aromatic N) is 2. The van der Waals surface area contributed by atoms with Gasteiger partial charge < -0.3 is 5.11 Å². The van der Waals surface area contributed by atoms with Crippen molar-refractivity contribution in [3.63, 3.8) is 0 Å².